The number of pyridine rings is 1. The minimum atomic E-state index is -4.73. The van der Waals surface area contributed by atoms with Crippen LogP contribution in [0.2, 0.25) is 0 Å². The van der Waals surface area contributed by atoms with Crippen molar-refractivity contribution in [3.63, 3.8) is 0 Å². The summed E-state index contributed by atoms with van der Waals surface area (Å²) in [7, 11) is -4.73. The number of amides is 1. The first-order chi connectivity index (χ1) is 41.1. The lowest BCUT2D eigenvalue weighted by atomic mass is 9.59. The van der Waals surface area contributed by atoms with Gasteiger partial charge in [0.1, 0.15) is 29.8 Å². The van der Waals surface area contributed by atoms with Gasteiger partial charge in [-0.05, 0) is 143 Å². The highest BCUT2D eigenvalue weighted by atomic mass is 32.2. The van der Waals surface area contributed by atoms with Crippen molar-refractivity contribution < 1.29 is 50.6 Å². The number of nitrogens with one attached hydrogen (secondary N) is 3. The molecule has 6 fully saturated rings. The van der Waals surface area contributed by atoms with Crippen molar-refractivity contribution >= 4 is 55.4 Å². The molecule has 22 heteroatoms. The van der Waals surface area contributed by atoms with Gasteiger partial charge in [-0.1, -0.05) is 24.3 Å². The van der Waals surface area contributed by atoms with Gasteiger partial charge in [0.05, 0.1) is 51.9 Å². The third-order valence-electron chi connectivity index (χ3n) is 19.6. The highest BCUT2D eigenvalue weighted by Gasteiger charge is 2.52. The molecule has 19 nitrogen and oxygen atoms in total. The molecule has 1 amide bonds. The number of piperidine rings is 1. The van der Waals surface area contributed by atoms with Crippen molar-refractivity contribution in [2.75, 3.05) is 80.9 Å². The second-order valence-corrected chi connectivity index (χ2v) is 26.6. The van der Waals surface area contributed by atoms with Crippen LogP contribution in [0.4, 0.5) is 37.2 Å². The third-order valence-corrected chi connectivity index (χ3v) is 20.9. The maximum Gasteiger partial charge on any atom is 0.297 e. The van der Waals surface area contributed by atoms with Crippen LogP contribution >= 0.6 is 0 Å². The fraction of sp³-hybridized carbons (Fsp3) is 0.492. The maximum absolute atomic E-state index is 15.0. The van der Waals surface area contributed by atoms with Gasteiger partial charge in [0, 0.05) is 99.6 Å². The number of aromatic nitrogens is 2. The molecule has 14 rings (SSSR count). The number of H-pyrrole nitrogens is 1. The SMILES string of the molecule is CC(C)Oc1ccccc1[C@@H]1CN(C2CC(c3ccc(F)c(F)c3)C2)CCN1C1CC2(CCN(c3ccc(C(=O)NS(=O)(=O)c4cc5c(c([N+](=O)[O-])c4)N[C@H](C4CCOCC4)CO5)c(N4c5cc6cc[nH]c6nc5O[C@H]5COCC[C@@H]54)c3)CC2)C1. The molecule has 3 N–H and O–H groups in total. The smallest absolute Gasteiger partial charge is 0.297 e. The number of ether oxygens (including phenoxy) is 5. The van der Waals surface area contributed by atoms with Crippen LogP contribution in [-0.4, -0.2) is 141 Å². The zero-order valence-electron chi connectivity index (χ0n) is 47.7. The van der Waals surface area contributed by atoms with Gasteiger partial charge in [-0.2, -0.15) is 4.98 Å². The summed E-state index contributed by atoms with van der Waals surface area (Å²) in [6, 6.07) is 24.7. The summed E-state index contributed by atoms with van der Waals surface area (Å²) in [5, 5.41) is 16.7. The summed E-state index contributed by atoms with van der Waals surface area (Å²) in [5.41, 5.74) is 4.48. The van der Waals surface area contributed by atoms with Gasteiger partial charge < -0.3 is 43.8 Å². The Morgan fingerprint density at radius 1 is 0.882 bits per heavy atom. The van der Waals surface area contributed by atoms with Gasteiger partial charge in [-0.25, -0.2) is 21.9 Å². The second kappa shape index (κ2) is 22.3. The van der Waals surface area contributed by atoms with E-state index in [2.05, 4.69) is 66.7 Å². The average Bonchev–Trinajstić information content (AvgIpc) is 3.43. The van der Waals surface area contributed by atoms with Crippen molar-refractivity contribution in [1.29, 1.82) is 0 Å². The fourth-order valence-corrected chi connectivity index (χ4v) is 15.9. The summed E-state index contributed by atoms with van der Waals surface area (Å²) >= 11 is 0. The molecule has 2 aliphatic carbocycles. The van der Waals surface area contributed by atoms with E-state index < -0.39 is 49.2 Å². The Labute approximate surface area is 492 Å². The number of nitro groups is 1. The van der Waals surface area contributed by atoms with Crippen LogP contribution in [-0.2, 0) is 19.5 Å². The lowest BCUT2D eigenvalue weighted by molar-refractivity contribution is -0.384. The molecule has 2 saturated carbocycles. The first-order valence-electron chi connectivity index (χ1n) is 30.1. The molecule has 0 unspecified atom stereocenters. The Bertz CT molecular complexity index is 3660. The summed E-state index contributed by atoms with van der Waals surface area (Å²) in [6.45, 7) is 10.4. The summed E-state index contributed by atoms with van der Waals surface area (Å²) in [5.74, 6) is -0.906. The number of benzene rings is 4. The number of halogens is 2. The van der Waals surface area contributed by atoms with E-state index in [1.54, 1.807) is 18.3 Å². The number of aromatic amines is 1. The van der Waals surface area contributed by atoms with Gasteiger partial charge in [-0.3, -0.25) is 24.7 Å². The molecular formula is C63H71F2N9O10S. The predicted molar refractivity (Wildman–Crippen MR) is 315 cm³/mol. The Hall–Kier alpha value is -7.11. The Morgan fingerprint density at radius 2 is 1.68 bits per heavy atom. The van der Waals surface area contributed by atoms with Crippen LogP contribution in [0, 0.1) is 33.1 Å². The highest BCUT2D eigenvalue weighted by Crippen LogP contribution is 2.55. The number of para-hydroxylation sites is 1. The maximum atomic E-state index is 15.0. The third kappa shape index (κ3) is 10.6. The van der Waals surface area contributed by atoms with E-state index in [-0.39, 0.29) is 71.7 Å². The number of hydrogen-bond acceptors (Lipinski definition) is 16. The van der Waals surface area contributed by atoms with Gasteiger partial charge in [0.15, 0.2) is 23.1 Å². The Morgan fingerprint density at radius 3 is 2.47 bits per heavy atom. The number of piperazine rings is 1. The van der Waals surface area contributed by atoms with Gasteiger partial charge in [0.2, 0.25) is 5.88 Å². The van der Waals surface area contributed by atoms with E-state index in [1.165, 1.54) is 23.8 Å². The van der Waals surface area contributed by atoms with E-state index in [4.69, 9.17) is 28.7 Å². The van der Waals surface area contributed by atoms with Crippen molar-refractivity contribution in [1.82, 2.24) is 24.5 Å². The highest BCUT2D eigenvalue weighted by molar-refractivity contribution is 7.90. The molecule has 448 valence electrons. The van der Waals surface area contributed by atoms with Gasteiger partial charge in [-0.15, -0.1) is 0 Å². The number of carbonyl (C=O) groups excluding carboxylic acids is 1. The molecule has 85 heavy (non-hydrogen) atoms. The van der Waals surface area contributed by atoms with Crippen molar-refractivity contribution in [3.8, 4) is 17.4 Å². The first-order valence-corrected chi connectivity index (χ1v) is 31.6. The molecule has 8 heterocycles. The topological polar surface area (TPSA) is 206 Å². The minimum Gasteiger partial charge on any atom is -0.491 e. The van der Waals surface area contributed by atoms with Crippen LogP contribution in [0.15, 0.2) is 96.0 Å². The number of anilines is 4. The predicted octanol–water partition coefficient (Wildman–Crippen LogP) is 10.00. The summed E-state index contributed by atoms with van der Waals surface area (Å²) in [6.07, 6.45) is 9.27. The summed E-state index contributed by atoms with van der Waals surface area (Å²) < 4.78 is 89.9. The van der Waals surface area contributed by atoms with E-state index >= 15 is 0 Å². The molecular weight excluding hydrogens is 1110 g/mol. The fourth-order valence-electron chi connectivity index (χ4n) is 14.9. The Balaban J connectivity index is 0.722. The number of carbonyl (C=O) groups is 1. The first kappa shape index (κ1) is 55.7. The zero-order valence-corrected chi connectivity index (χ0v) is 48.5. The molecule has 4 atom stereocenters. The largest absolute Gasteiger partial charge is 0.491 e. The molecule has 2 aromatic heterocycles. The van der Waals surface area contributed by atoms with Crippen molar-refractivity contribution in [2.24, 2.45) is 11.3 Å². The van der Waals surface area contributed by atoms with Crippen molar-refractivity contribution in [3.05, 3.63) is 130 Å². The van der Waals surface area contributed by atoms with Crippen LogP contribution in [0.1, 0.15) is 105 Å². The number of hydrogen-bond donors (Lipinski definition) is 3. The molecule has 0 bridgehead atoms. The van der Waals surface area contributed by atoms with E-state index in [1.807, 2.05) is 30.3 Å². The molecule has 4 saturated heterocycles. The number of fused-ring (bicyclic) bond motifs is 4. The van der Waals surface area contributed by atoms with Crippen LogP contribution < -0.4 is 34.0 Å². The number of sulfonamides is 1. The van der Waals surface area contributed by atoms with E-state index in [0.29, 0.717) is 61.2 Å². The van der Waals surface area contributed by atoms with Gasteiger partial charge >= 0.3 is 0 Å². The zero-order chi connectivity index (χ0) is 58.3. The number of rotatable bonds is 13. The second-order valence-electron chi connectivity index (χ2n) is 24.9. The van der Waals surface area contributed by atoms with E-state index in [9.17, 15) is 32.1 Å². The standard InChI is InChI=1S/C63H71F2N9O10S/c1-37(2)83-56-6-4-3-5-46(56)55-34-71(43-25-41(26-43)39-7-10-48(64)49(65)27-39)20-21-72(55)44-32-63(33-44)15-18-70(19-16-63)42-8-9-47(52(29-42)73-51-14-24-81-36-58(51)84-62-54(73)28-40-11-17-66-60(40)68-62)61(75)69-85(78,79)45-30-53(74(76)77)59-57(31-45)82-35-50(67-59)38-12-22-80-23-13-38/h3-11,17,27-31,37-38,41,43-44,50-51,55,58,67H,12-16,18-26,32-36H2,1-2H3,(H,66,68)(H,69,75)/t41?,43?,50-,51-,55-,58-/m0/s1. The van der Waals surface area contributed by atoms with Crippen molar-refractivity contribution in [2.45, 2.75) is 125 Å². The molecule has 6 aromatic rings. The van der Waals surface area contributed by atoms with Crippen LogP contribution in [0.25, 0.3) is 11.0 Å². The van der Waals surface area contributed by atoms with Crippen LogP contribution in [0.3, 0.4) is 0 Å². The normalized spacial score (nSPS) is 25.4. The minimum absolute atomic E-state index is 0.00939. The lowest BCUT2D eigenvalue weighted by Gasteiger charge is -2.59. The van der Waals surface area contributed by atoms with Crippen LogP contribution in [0.5, 0.6) is 17.4 Å². The number of nitrogens with zero attached hydrogens (tertiary/aromatic N) is 6. The molecule has 4 aromatic carbocycles. The molecule has 8 aliphatic rings. The molecule has 1 spiro atoms. The summed E-state index contributed by atoms with van der Waals surface area (Å²) in [4.78, 5) is 44.2. The Kier molecular flexibility index (Phi) is 14.6. The number of nitro benzene ring substituents is 1. The average molecular weight is 1180 g/mol. The lowest BCUT2D eigenvalue weighted by Crippen LogP contribution is -2.61. The molecule has 6 aliphatic heterocycles. The quantitative estimate of drug-likeness (QED) is 0.0727. The van der Waals surface area contributed by atoms with E-state index in [0.717, 1.165) is 113 Å². The monoisotopic (exact) mass is 1180 g/mol. The molecule has 0 radical (unpaired) electrons. The van der Waals surface area contributed by atoms with Gasteiger partial charge in [0.25, 0.3) is 21.6 Å².